The van der Waals surface area contributed by atoms with Gasteiger partial charge in [0, 0.05) is 45.5 Å². The standard InChI is InChI=1S/C23H30N2O2/c1-24(2)21-13-11-19(12-14-21)18-7-9-20(10-8-18)23(26)25(3)16-15-22-6-4-5-17-27-22/h7-14,22H,4-6,15-17H2,1-3H3/t22-/m0/s1. The van der Waals surface area contributed by atoms with Gasteiger partial charge in [-0.3, -0.25) is 4.79 Å². The second-order valence-electron chi connectivity index (χ2n) is 7.52. The zero-order valence-corrected chi connectivity index (χ0v) is 16.6. The van der Waals surface area contributed by atoms with Crippen LogP contribution in [0.4, 0.5) is 5.69 Å². The van der Waals surface area contributed by atoms with E-state index in [2.05, 4.69) is 29.2 Å². The molecule has 2 aromatic rings. The van der Waals surface area contributed by atoms with Gasteiger partial charge in [-0.15, -0.1) is 0 Å². The van der Waals surface area contributed by atoms with Gasteiger partial charge in [-0.25, -0.2) is 0 Å². The zero-order chi connectivity index (χ0) is 19.2. The van der Waals surface area contributed by atoms with Crippen LogP contribution in [0.15, 0.2) is 48.5 Å². The van der Waals surface area contributed by atoms with Crippen molar-refractivity contribution in [2.75, 3.05) is 39.2 Å². The molecule has 0 radical (unpaired) electrons. The van der Waals surface area contributed by atoms with Gasteiger partial charge in [0.05, 0.1) is 6.10 Å². The van der Waals surface area contributed by atoms with Crippen LogP contribution in [0.5, 0.6) is 0 Å². The van der Waals surface area contributed by atoms with Crippen LogP contribution >= 0.6 is 0 Å². The summed E-state index contributed by atoms with van der Waals surface area (Å²) in [7, 11) is 5.94. The summed E-state index contributed by atoms with van der Waals surface area (Å²) >= 11 is 0. The van der Waals surface area contributed by atoms with Crippen molar-refractivity contribution in [3.8, 4) is 11.1 Å². The summed E-state index contributed by atoms with van der Waals surface area (Å²) in [4.78, 5) is 16.6. The highest BCUT2D eigenvalue weighted by Crippen LogP contribution is 2.23. The molecule has 0 aliphatic carbocycles. The fourth-order valence-corrected chi connectivity index (χ4v) is 3.45. The first-order valence-electron chi connectivity index (χ1n) is 9.79. The highest BCUT2D eigenvalue weighted by molar-refractivity contribution is 5.94. The van der Waals surface area contributed by atoms with E-state index in [9.17, 15) is 4.79 Å². The SMILES string of the molecule is CN(CC[C@@H]1CCCCO1)C(=O)c1ccc(-c2ccc(N(C)C)cc2)cc1. The highest BCUT2D eigenvalue weighted by Gasteiger charge is 2.17. The van der Waals surface area contributed by atoms with Crippen molar-refractivity contribution in [3.63, 3.8) is 0 Å². The Labute approximate surface area is 162 Å². The number of amides is 1. The highest BCUT2D eigenvalue weighted by atomic mass is 16.5. The van der Waals surface area contributed by atoms with Crippen molar-refractivity contribution in [2.45, 2.75) is 31.8 Å². The normalized spacial score (nSPS) is 16.8. The monoisotopic (exact) mass is 366 g/mol. The maximum Gasteiger partial charge on any atom is 0.253 e. The number of hydrogen-bond donors (Lipinski definition) is 0. The van der Waals surface area contributed by atoms with Gasteiger partial charge in [-0.2, -0.15) is 0 Å². The van der Waals surface area contributed by atoms with E-state index < -0.39 is 0 Å². The summed E-state index contributed by atoms with van der Waals surface area (Å²) < 4.78 is 5.76. The first-order valence-corrected chi connectivity index (χ1v) is 9.79. The largest absolute Gasteiger partial charge is 0.378 e. The summed E-state index contributed by atoms with van der Waals surface area (Å²) in [6.45, 7) is 1.59. The lowest BCUT2D eigenvalue weighted by molar-refractivity contribution is 0.00709. The van der Waals surface area contributed by atoms with Crippen LogP contribution < -0.4 is 4.90 Å². The molecule has 1 amide bonds. The summed E-state index contributed by atoms with van der Waals surface area (Å²) in [5.74, 6) is 0.0697. The molecular weight excluding hydrogens is 336 g/mol. The van der Waals surface area contributed by atoms with Crippen molar-refractivity contribution in [3.05, 3.63) is 54.1 Å². The molecule has 0 N–H and O–H groups in total. The third-order valence-corrected chi connectivity index (χ3v) is 5.26. The lowest BCUT2D eigenvalue weighted by atomic mass is 10.0. The van der Waals surface area contributed by atoms with Crippen molar-refractivity contribution in [1.29, 1.82) is 0 Å². The van der Waals surface area contributed by atoms with Gasteiger partial charge in [0.15, 0.2) is 0 Å². The molecule has 4 nitrogen and oxygen atoms in total. The lowest BCUT2D eigenvalue weighted by Crippen LogP contribution is -2.31. The lowest BCUT2D eigenvalue weighted by Gasteiger charge is -2.25. The molecule has 1 aliphatic rings. The second-order valence-corrected chi connectivity index (χ2v) is 7.52. The van der Waals surface area contributed by atoms with Gasteiger partial charge in [-0.1, -0.05) is 24.3 Å². The first-order chi connectivity index (χ1) is 13.0. The topological polar surface area (TPSA) is 32.8 Å². The van der Waals surface area contributed by atoms with E-state index in [4.69, 9.17) is 4.74 Å². The van der Waals surface area contributed by atoms with E-state index in [1.807, 2.05) is 45.4 Å². The molecule has 144 valence electrons. The summed E-state index contributed by atoms with van der Waals surface area (Å²) in [6.07, 6.45) is 4.73. The third-order valence-electron chi connectivity index (χ3n) is 5.26. The molecule has 27 heavy (non-hydrogen) atoms. The minimum Gasteiger partial charge on any atom is -0.378 e. The molecule has 1 fully saturated rings. The van der Waals surface area contributed by atoms with Gasteiger partial charge < -0.3 is 14.5 Å². The smallest absolute Gasteiger partial charge is 0.253 e. The minimum atomic E-state index is 0.0697. The first kappa shape index (κ1) is 19.4. The molecular formula is C23H30N2O2. The van der Waals surface area contributed by atoms with Crippen molar-refractivity contribution in [1.82, 2.24) is 4.90 Å². The number of carbonyl (C=O) groups is 1. The molecule has 0 spiro atoms. The number of nitrogens with zero attached hydrogens (tertiary/aromatic N) is 2. The van der Waals surface area contributed by atoms with Crippen LogP contribution in [0.25, 0.3) is 11.1 Å². The van der Waals surface area contributed by atoms with Gasteiger partial charge in [0.1, 0.15) is 0 Å². The number of carbonyl (C=O) groups excluding carboxylic acids is 1. The van der Waals surface area contributed by atoms with Crippen LogP contribution in [0.1, 0.15) is 36.0 Å². The Bertz CT molecular complexity index is 732. The summed E-state index contributed by atoms with van der Waals surface area (Å²) in [5.41, 5.74) is 4.18. The van der Waals surface area contributed by atoms with Crippen molar-refractivity contribution < 1.29 is 9.53 Å². The van der Waals surface area contributed by atoms with Crippen LogP contribution in [-0.2, 0) is 4.74 Å². The molecule has 1 heterocycles. The van der Waals surface area contributed by atoms with Crippen molar-refractivity contribution >= 4 is 11.6 Å². The third kappa shape index (κ3) is 5.10. The molecule has 0 bridgehead atoms. The summed E-state index contributed by atoms with van der Waals surface area (Å²) in [5, 5.41) is 0. The fourth-order valence-electron chi connectivity index (χ4n) is 3.45. The van der Waals surface area contributed by atoms with Gasteiger partial charge in [0.25, 0.3) is 5.91 Å². The van der Waals surface area contributed by atoms with Crippen LogP contribution in [0, 0.1) is 0 Å². The Balaban J connectivity index is 1.59. The Morgan fingerprint density at radius 1 is 0.963 bits per heavy atom. The molecule has 0 saturated carbocycles. The Hall–Kier alpha value is -2.33. The predicted molar refractivity (Wildman–Crippen MR) is 111 cm³/mol. The van der Waals surface area contributed by atoms with Gasteiger partial charge in [0.2, 0.25) is 0 Å². The van der Waals surface area contributed by atoms with E-state index in [0.29, 0.717) is 6.10 Å². The number of benzene rings is 2. The van der Waals surface area contributed by atoms with Crippen LogP contribution in [0.3, 0.4) is 0 Å². The van der Waals surface area contributed by atoms with Gasteiger partial charge in [-0.05, 0) is 61.1 Å². The summed E-state index contributed by atoms with van der Waals surface area (Å²) in [6, 6.07) is 16.3. The number of hydrogen-bond acceptors (Lipinski definition) is 3. The number of anilines is 1. The average molecular weight is 367 g/mol. The molecule has 2 aromatic carbocycles. The van der Waals surface area contributed by atoms with Crippen molar-refractivity contribution in [2.24, 2.45) is 0 Å². The quantitative estimate of drug-likeness (QED) is 0.757. The van der Waals surface area contributed by atoms with Crippen LogP contribution in [0.2, 0.25) is 0 Å². The molecule has 0 unspecified atom stereocenters. The van der Waals surface area contributed by atoms with E-state index in [-0.39, 0.29) is 5.91 Å². The minimum absolute atomic E-state index is 0.0697. The van der Waals surface area contributed by atoms with E-state index >= 15 is 0 Å². The predicted octanol–water partition coefficient (Wildman–Crippen LogP) is 4.45. The Morgan fingerprint density at radius 3 is 2.15 bits per heavy atom. The number of rotatable bonds is 6. The Kier molecular flexibility index (Phi) is 6.51. The molecule has 0 aromatic heterocycles. The maximum atomic E-state index is 12.7. The molecule has 1 saturated heterocycles. The maximum absolute atomic E-state index is 12.7. The molecule has 3 rings (SSSR count). The van der Waals surface area contributed by atoms with E-state index in [1.54, 1.807) is 4.90 Å². The van der Waals surface area contributed by atoms with E-state index in [1.165, 1.54) is 12.1 Å². The molecule has 4 heteroatoms. The average Bonchev–Trinajstić information content (AvgIpc) is 2.72. The second kappa shape index (κ2) is 9.05. The fraction of sp³-hybridized carbons (Fsp3) is 0.435. The number of ether oxygens (including phenoxy) is 1. The zero-order valence-electron chi connectivity index (χ0n) is 16.6. The molecule has 1 atom stereocenters. The van der Waals surface area contributed by atoms with Gasteiger partial charge >= 0.3 is 0 Å². The Morgan fingerprint density at radius 2 is 1.59 bits per heavy atom. The van der Waals surface area contributed by atoms with Crippen LogP contribution in [-0.4, -0.2) is 51.2 Å². The van der Waals surface area contributed by atoms with E-state index in [0.717, 1.165) is 49.1 Å². The molecule has 1 aliphatic heterocycles.